The summed E-state index contributed by atoms with van der Waals surface area (Å²) in [6, 6.07) is 16.3. The van der Waals surface area contributed by atoms with Crippen LogP contribution < -0.4 is 14.4 Å². The standard InChI is InChI=1S/C28H21FN2O5S/c1-3-13-36-20-6-4-5-17(14-20)24-23(25(32)16-7-9-18(29)10-8-16)26(33)27(34)31(24)28-30-21-12-11-19(35-2)15-22(21)37-28/h3-12,14-15,24,32H,1,13H2,2H3/b25-23+. The number of halogens is 1. The summed E-state index contributed by atoms with van der Waals surface area (Å²) in [7, 11) is 1.55. The van der Waals surface area contributed by atoms with Crippen molar-refractivity contribution >= 4 is 44.1 Å². The second-order valence-corrected chi connectivity index (χ2v) is 9.19. The number of ether oxygens (including phenoxy) is 2. The van der Waals surface area contributed by atoms with Gasteiger partial charge in [-0.25, -0.2) is 9.37 Å². The summed E-state index contributed by atoms with van der Waals surface area (Å²) in [4.78, 5) is 32.6. The molecule has 37 heavy (non-hydrogen) atoms. The van der Waals surface area contributed by atoms with E-state index >= 15 is 0 Å². The number of carbonyl (C=O) groups is 2. The maximum Gasteiger partial charge on any atom is 0.301 e. The molecule has 1 amide bonds. The van der Waals surface area contributed by atoms with E-state index in [1.807, 2.05) is 0 Å². The molecule has 1 aromatic heterocycles. The molecule has 1 N–H and O–H groups in total. The predicted molar refractivity (Wildman–Crippen MR) is 139 cm³/mol. The number of ketones is 1. The summed E-state index contributed by atoms with van der Waals surface area (Å²) in [6.45, 7) is 3.91. The molecule has 1 fully saturated rings. The van der Waals surface area contributed by atoms with Crippen LogP contribution in [0.1, 0.15) is 17.2 Å². The highest BCUT2D eigenvalue weighted by Gasteiger charge is 2.48. The third-order valence-corrected chi connectivity index (χ3v) is 6.91. The van der Waals surface area contributed by atoms with Crippen molar-refractivity contribution in [1.82, 2.24) is 4.98 Å². The Labute approximate surface area is 215 Å². The van der Waals surface area contributed by atoms with E-state index in [1.165, 1.54) is 40.5 Å². The molecule has 186 valence electrons. The van der Waals surface area contributed by atoms with Crippen LogP contribution >= 0.6 is 11.3 Å². The van der Waals surface area contributed by atoms with Crippen LogP contribution in [-0.2, 0) is 9.59 Å². The van der Waals surface area contributed by atoms with Gasteiger partial charge in [-0.15, -0.1) is 0 Å². The fraction of sp³-hybridized carbons (Fsp3) is 0.107. The molecule has 0 aliphatic carbocycles. The van der Waals surface area contributed by atoms with Gasteiger partial charge in [-0.2, -0.15) is 0 Å². The highest BCUT2D eigenvalue weighted by atomic mass is 32.1. The molecule has 1 saturated heterocycles. The van der Waals surface area contributed by atoms with Crippen molar-refractivity contribution < 1.29 is 28.6 Å². The minimum Gasteiger partial charge on any atom is -0.507 e. The summed E-state index contributed by atoms with van der Waals surface area (Å²) in [6.07, 6.45) is 1.60. The molecule has 9 heteroatoms. The summed E-state index contributed by atoms with van der Waals surface area (Å²) < 4.78 is 25.2. The number of fused-ring (bicyclic) bond motifs is 1. The van der Waals surface area contributed by atoms with Crippen molar-refractivity contribution in [2.45, 2.75) is 6.04 Å². The number of rotatable bonds is 7. The van der Waals surface area contributed by atoms with E-state index in [0.717, 1.165) is 4.70 Å². The number of amides is 1. The maximum absolute atomic E-state index is 13.5. The Morgan fingerprint density at radius 1 is 1.14 bits per heavy atom. The van der Waals surface area contributed by atoms with E-state index in [1.54, 1.807) is 55.7 Å². The van der Waals surface area contributed by atoms with Crippen LogP contribution in [0, 0.1) is 5.82 Å². The maximum atomic E-state index is 13.5. The third kappa shape index (κ3) is 4.45. The van der Waals surface area contributed by atoms with Gasteiger partial charge in [0.05, 0.1) is 28.9 Å². The molecule has 1 atom stereocenters. The van der Waals surface area contributed by atoms with Gasteiger partial charge in [-0.3, -0.25) is 14.5 Å². The first-order valence-electron chi connectivity index (χ1n) is 11.3. The van der Waals surface area contributed by atoms with E-state index in [2.05, 4.69) is 11.6 Å². The van der Waals surface area contributed by atoms with Crippen LogP contribution in [0.25, 0.3) is 16.0 Å². The molecule has 3 aromatic carbocycles. The number of nitrogens with zero attached hydrogens (tertiary/aromatic N) is 2. The van der Waals surface area contributed by atoms with Gasteiger partial charge in [-0.05, 0) is 60.2 Å². The van der Waals surface area contributed by atoms with E-state index in [9.17, 15) is 19.1 Å². The number of hydrogen-bond acceptors (Lipinski definition) is 7. The van der Waals surface area contributed by atoms with E-state index in [0.29, 0.717) is 22.6 Å². The Morgan fingerprint density at radius 2 is 1.92 bits per heavy atom. The summed E-state index contributed by atoms with van der Waals surface area (Å²) in [5.41, 5.74) is 1.23. The lowest BCUT2D eigenvalue weighted by Crippen LogP contribution is -2.29. The van der Waals surface area contributed by atoms with Crippen molar-refractivity contribution in [2.75, 3.05) is 18.6 Å². The highest BCUT2D eigenvalue weighted by Crippen LogP contribution is 2.45. The Morgan fingerprint density at radius 3 is 2.65 bits per heavy atom. The molecule has 4 aromatic rings. The highest BCUT2D eigenvalue weighted by molar-refractivity contribution is 7.22. The topological polar surface area (TPSA) is 89.0 Å². The monoisotopic (exact) mass is 516 g/mol. The van der Waals surface area contributed by atoms with Crippen molar-refractivity contribution in [3.63, 3.8) is 0 Å². The quantitative estimate of drug-likeness (QED) is 0.148. The Bertz CT molecular complexity index is 1560. The van der Waals surface area contributed by atoms with Gasteiger partial charge in [0, 0.05) is 5.56 Å². The number of aliphatic hydroxyl groups excluding tert-OH is 1. The normalized spacial score (nSPS) is 16.8. The number of anilines is 1. The Hall–Kier alpha value is -4.50. The van der Waals surface area contributed by atoms with Crippen molar-refractivity contribution in [3.05, 3.63) is 102 Å². The Kier molecular flexibility index (Phi) is 6.45. The van der Waals surface area contributed by atoms with Gasteiger partial charge >= 0.3 is 5.91 Å². The number of benzene rings is 3. The third-order valence-electron chi connectivity index (χ3n) is 5.89. The van der Waals surface area contributed by atoms with Gasteiger partial charge in [0.2, 0.25) is 0 Å². The van der Waals surface area contributed by atoms with E-state index in [-0.39, 0.29) is 22.9 Å². The lowest BCUT2D eigenvalue weighted by Gasteiger charge is -2.23. The van der Waals surface area contributed by atoms with Crippen LogP contribution in [0.15, 0.2) is 85.0 Å². The second-order valence-electron chi connectivity index (χ2n) is 8.18. The zero-order valence-electron chi connectivity index (χ0n) is 19.7. The second kappa shape index (κ2) is 9.87. The minimum absolute atomic E-state index is 0.130. The smallest absolute Gasteiger partial charge is 0.301 e. The van der Waals surface area contributed by atoms with Crippen molar-refractivity contribution in [2.24, 2.45) is 0 Å². The first-order valence-corrected chi connectivity index (χ1v) is 12.1. The molecule has 0 radical (unpaired) electrons. The largest absolute Gasteiger partial charge is 0.507 e. The molecular formula is C28H21FN2O5S. The lowest BCUT2D eigenvalue weighted by molar-refractivity contribution is -0.132. The van der Waals surface area contributed by atoms with Crippen LogP contribution in [0.4, 0.5) is 9.52 Å². The Balaban J connectivity index is 1.70. The van der Waals surface area contributed by atoms with Gasteiger partial charge < -0.3 is 14.6 Å². The fourth-order valence-corrected chi connectivity index (χ4v) is 5.18. The molecule has 0 spiro atoms. The number of thiazole rings is 1. The van der Waals surface area contributed by atoms with E-state index < -0.39 is 29.3 Å². The van der Waals surface area contributed by atoms with Crippen molar-refractivity contribution in [3.8, 4) is 11.5 Å². The summed E-state index contributed by atoms with van der Waals surface area (Å²) in [5.74, 6) is -1.49. The molecule has 5 rings (SSSR count). The van der Waals surface area contributed by atoms with E-state index in [4.69, 9.17) is 9.47 Å². The number of aliphatic hydroxyl groups is 1. The van der Waals surface area contributed by atoms with Crippen LogP contribution in [0.5, 0.6) is 11.5 Å². The number of carbonyl (C=O) groups excluding carboxylic acids is 2. The zero-order valence-corrected chi connectivity index (χ0v) is 20.5. The molecule has 1 aliphatic rings. The molecule has 0 saturated carbocycles. The molecule has 2 heterocycles. The fourth-order valence-electron chi connectivity index (χ4n) is 4.16. The molecule has 1 aliphatic heterocycles. The van der Waals surface area contributed by atoms with Gasteiger partial charge in [0.15, 0.2) is 5.13 Å². The molecule has 1 unspecified atom stereocenters. The number of aromatic nitrogens is 1. The first kappa shape index (κ1) is 24.2. The number of hydrogen-bond donors (Lipinski definition) is 1. The first-order chi connectivity index (χ1) is 17.9. The SMILES string of the molecule is C=CCOc1cccc(C2/C(=C(\O)c3ccc(F)cc3)C(=O)C(=O)N2c2nc3ccc(OC)cc3s2)c1. The van der Waals surface area contributed by atoms with Crippen LogP contribution in [0.3, 0.4) is 0 Å². The average molecular weight is 517 g/mol. The lowest BCUT2D eigenvalue weighted by atomic mass is 9.95. The summed E-state index contributed by atoms with van der Waals surface area (Å²) >= 11 is 1.22. The molecule has 0 bridgehead atoms. The number of Topliss-reactive ketones (excluding diaryl/α,β-unsaturated/α-hetero) is 1. The van der Waals surface area contributed by atoms with Crippen LogP contribution in [0.2, 0.25) is 0 Å². The molecule has 7 nitrogen and oxygen atoms in total. The van der Waals surface area contributed by atoms with Gasteiger partial charge in [-0.1, -0.05) is 36.1 Å². The van der Waals surface area contributed by atoms with Crippen molar-refractivity contribution in [1.29, 1.82) is 0 Å². The average Bonchev–Trinajstić information content (AvgIpc) is 3.45. The minimum atomic E-state index is -1.00. The van der Waals surface area contributed by atoms with Gasteiger partial charge in [0.1, 0.15) is 29.7 Å². The molecular weight excluding hydrogens is 495 g/mol. The van der Waals surface area contributed by atoms with Crippen LogP contribution in [-0.4, -0.2) is 35.5 Å². The summed E-state index contributed by atoms with van der Waals surface area (Å²) in [5, 5.41) is 11.5. The van der Waals surface area contributed by atoms with Gasteiger partial charge in [0.25, 0.3) is 5.78 Å². The number of methoxy groups -OCH3 is 1. The zero-order chi connectivity index (χ0) is 26.1. The predicted octanol–water partition coefficient (Wildman–Crippen LogP) is 5.64.